The number of nitrogens with zero attached hydrogens (tertiary/aromatic N) is 1. The van der Waals surface area contributed by atoms with Crippen LogP contribution in [-0.4, -0.2) is 4.57 Å². The topological polar surface area (TPSA) is 18.1 Å². The monoisotopic (exact) mass is 219 g/mol. The summed E-state index contributed by atoms with van der Waals surface area (Å²) >= 11 is 0. The zero-order valence-electron chi connectivity index (χ0n) is 10.9. The molecule has 1 atom stereocenters. The van der Waals surface area contributed by atoms with Crippen LogP contribution in [0.15, 0.2) is 16.5 Å². The van der Waals surface area contributed by atoms with E-state index in [-0.39, 0.29) is 0 Å². The standard InChI is InChI=1S/C14H21NO/c1-6-10(4)13-8-12-14(16-13)7-11(9(2)3)15(12)5/h7-10H,6H2,1-5H3. The van der Waals surface area contributed by atoms with E-state index in [0.717, 1.165) is 17.8 Å². The summed E-state index contributed by atoms with van der Waals surface area (Å²) in [5.41, 5.74) is 3.59. The maximum Gasteiger partial charge on any atom is 0.152 e. The Hall–Kier alpha value is -1.18. The maximum absolute atomic E-state index is 5.91. The van der Waals surface area contributed by atoms with Crippen molar-refractivity contribution in [2.24, 2.45) is 7.05 Å². The van der Waals surface area contributed by atoms with Crippen LogP contribution < -0.4 is 0 Å². The summed E-state index contributed by atoms with van der Waals surface area (Å²) in [6, 6.07) is 4.36. The molecule has 0 saturated heterocycles. The summed E-state index contributed by atoms with van der Waals surface area (Å²) in [4.78, 5) is 0. The Kier molecular flexibility index (Phi) is 2.83. The Balaban J connectivity index is 2.50. The van der Waals surface area contributed by atoms with Crippen LogP contribution >= 0.6 is 0 Å². The molecule has 2 aromatic rings. The van der Waals surface area contributed by atoms with Crippen molar-refractivity contribution in [1.29, 1.82) is 0 Å². The predicted molar refractivity (Wildman–Crippen MR) is 68.0 cm³/mol. The number of aromatic nitrogens is 1. The number of rotatable bonds is 3. The average Bonchev–Trinajstić information content (AvgIpc) is 2.77. The fourth-order valence-corrected chi connectivity index (χ4v) is 2.15. The number of furan rings is 1. The Morgan fingerprint density at radius 1 is 1.25 bits per heavy atom. The van der Waals surface area contributed by atoms with Gasteiger partial charge in [-0.1, -0.05) is 27.7 Å². The summed E-state index contributed by atoms with van der Waals surface area (Å²) in [6.07, 6.45) is 1.12. The Labute approximate surface area is 97.2 Å². The molecule has 0 radical (unpaired) electrons. The predicted octanol–water partition coefficient (Wildman–Crippen LogP) is 4.41. The summed E-state index contributed by atoms with van der Waals surface area (Å²) < 4.78 is 8.16. The van der Waals surface area contributed by atoms with E-state index < -0.39 is 0 Å². The molecular formula is C14H21NO. The highest BCUT2D eigenvalue weighted by atomic mass is 16.3. The highest BCUT2D eigenvalue weighted by Gasteiger charge is 2.15. The molecule has 0 fully saturated rings. The highest BCUT2D eigenvalue weighted by Crippen LogP contribution is 2.30. The smallest absolute Gasteiger partial charge is 0.152 e. The minimum absolute atomic E-state index is 0.509. The van der Waals surface area contributed by atoms with Gasteiger partial charge in [-0.05, 0) is 12.3 Å². The minimum Gasteiger partial charge on any atom is -0.459 e. The lowest BCUT2D eigenvalue weighted by Gasteiger charge is -2.07. The Morgan fingerprint density at radius 2 is 1.94 bits per heavy atom. The van der Waals surface area contributed by atoms with Gasteiger partial charge in [-0.15, -0.1) is 0 Å². The molecule has 0 aliphatic rings. The van der Waals surface area contributed by atoms with Gasteiger partial charge in [-0.25, -0.2) is 0 Å². The molecule has 2 aromatic heterocycles. The first kappa shape index (κ1) is 11.3. The van der Waals surface area contributed by atoms with Crippen molar-refractivity contribution in [3.63, 3.8) is 0 Å². The Bertz CT molecular complexity index is 490. The number of hydrogen-bond acceptors (Lipinski definition) is 1. The van der Waals surface area contributed by atoms with E-state index >= 15 is 0 Å². The van der Waals surface area contributed by atoms with Gasteiger partial charge in [-0.3, -0.25) is 0 Å². The normalized spacial score (nSPS) is 13.9. The molecule has 0 N–H and O–H groups in total. The molecule has 88 valence electrons. The van der Waals surface area contributed by atoms with Crippen molar-refractivity contribution in [2.75, 3.05) is 0 Å². The van der Waals surface area contributed by atoms with Gasteiger partial charge in [0, 0.05) is 30.8 Å². The van der Waals surface area contributed by atoms with Gasteiger partial charge in [0.05, 0.1) is 5.52 Å². The lowest BCUT2D eigenvalue weighted by molar-refractivity contribution is 0.499. The first-order chi connectivity index (χ1) is 7.54. The largest absolute Gasteiger partial charge is 0.459 e. The van der Waals surface area contributed by atoms with E-state index in [1.165, 1.54) is 11.2 Å². The third-order valence-electron chi connectivity index (χ3n) is 3.48. The Morgan fingerprint density at radius 3 is 2.44 bits per heavy atom. The van der Waals surface area contributed by atoms with Crippen LogP contribution in [0.5, 0.6) is 0 Å². The molecule has 0 spiro atoms. The third kappa shape index (κ3) is 1.66. The van der Waals surface area contributed by atoms with E-state index in [4.69, 9.17) is 4.42 Å². The minimum atomic E-state index is 0.509. The van der Waals surface area contributed by atoms with Gasteiger partial charge < -0.3 is 8.98 Å². The second-order valence-electron chi connectivity index (χ2n) is 4.99. The van der Waals surface area contributed by atoms with Gasteiger partial charge in [0.15, 0.2) is 5.58 Å². The molecular weight excluding hydrogens is 198 g/mol. The van der Waals surface area contributed by atoms with Crippen molar-refractivity contribution in [3.05, 3.63) is 23.6 Å². The van der Waals surface area contributed by atoms with Crippen molar-refractivity contribution in [2.45, 2.75) is 46.0 Å². The van der Waals surface area contributed by atoms with Gasteiger partial charge in [0.2, 0.25) is 0 Å². The number of aryl methyl sites for hydroxylation is 1. The molecule has 0 amide bonds. The van der Waals surface area contributed by atoms with Crippen LogP contribution in [0.2, 0.25) is 0 Å². The van der Waals surface area contributed by atoms with Crippen molar-refractivity contribution in [1.82, 2.24) is 4.57 Å². The molecule has 2 rings (SSSR count). The van der Waals surface area contributed by atoms with E-state index in [9.17, 15) is 0 Å². The molecule has 16 heavy (non-hydrogen) atoms. The van der Waals surface area contributed by atoms with Crippen LogP contribution in [0, 0.1) is 0 Å². The first-order valence-corrected chi connectivity index (χ1v) is 6.13. The van der Waals surface area contributed by atoms with Crippen LogP contribution in [-0.2, 0) is 7.05 Å². The third-order valence-corrected chi connectivity index (χ3v) is 3.48. The van der Waals surface area contributed by atoms with E-state index in [1.54, 1.807) is 0 Å². The number of fused-ring (bicyclic) bond motifs is 1. The SMILES string of the molecule is CCC(C)c1cc2c(cc(C(C)C)n2C)o1. The zero-order chi connectivity index (χ0) is 11.9. The van der Waals surface area contributed by atoms with Crippen LogP contribution in [0.25, 0.3) is 11.1 Å². The second kappa shape index (κ2) is 4.00. The first-order valence-electron chi connectivity index (χ1n) is 6.13. The number of hydrogen-bond donors (Lipinski definition) is 0. The fourth-order valence-electron chi connectivity index (χ4n) is 2.15. The van der Waals surface area contributed by atoms with Gasteiger partial charge in [0.1, 0.15) is 5.76 Å². The molecule has 0 aromatic carbocycles. The second-order valence-corrected chi connectivity index (χ2v) is 4.99. The summed E-state index contributed by atoms with van der Waals surface area (Å²) in [5, 5.41) is 0. The lowest BCUT2D eigenvalue weighted by atomic mass is 10.1. The molecule has 0 saturated carbocycles. The molecule has 0 aliphatic heterocycles. The van der Waals surface area contributed by atoms with Crippen molar-refractivity contribution < 1.29 is 4.42 Å². The fraction of sp³-hybridized carbons (Fsp3) is 0.571. The van der Waals surface area contributed by atoms with Gasteiger partial charge in [0.25, 0.3) is 0 Å². The summed E-state index contributed by atoms with van der Waals surface area (Å²) in [7, 11) is 2.12. The van der Waals surface area contributed by atoms with Crippen molar-refractivity contribution in [3.8, 4) is 0 Å². The van der Waals surface area contributed by atoms with Crippen LogP contribution in [0.4, 0.5) is 0 Å². The van der Waals surface area contributed by atoms with E-state index in [1.807, 2.05) is 0 Å². The van der Waals surface area contributed by atoms with Crippen LogP contribution in [0.3, 0.4) is 0 Å². The molecule has 2 heterocycles. The van der Waals surface area contributed by atoms with Gasteiger partial charge in [-0.2, -0.15) is 0 Å². The van der Waals surface area contributed by atoms with Crippen LogP contribution in [0.1, 0.15) is 57.4 Å². The molecule has 0 aliphatic carbocycles. The summed E-state index contributed by atoms with van der Waals surface area (Å²) in [5.74, 6) is 2.16. The quantitative estimate of drug-likeness (QED) is 0.747. The molecule has 2 nitrogen and oxygen atoms in total. The van der Waals surface area contributed by atoms with Crippen molar-refractivity contribution >= 4 is 11.1 Å². The van der Waals surface area contributed by atoms with E-state index in [2.05, 4.69) is 51.4 Å². The average molecular weight is 219 g/mol. The lowest BCUT2D eigenvalue weighted by Crippen LogP contribution is -1.97. The molecule has 1 unspecified atom stereocenters. The highest BCUT2D eigenvalue weighted by molar-refractivity contribution is 5.76. The maximum atomic E-state index is 5.91. The zero-order valence-corrected chi connectivity index (χ0v) is 10.9. The van der Waals surface area contributed by atoms with E-state index in [0.29, 0.717) is 11.8 Å². The summed E-state index contributed by atoms with van der Waals surface area (Å²) in [6.45, 7) is 8.83. The molecule has 0 bridgehead atoms. The van der Waals surface area contributed by atoms with Gasteiger partial charge >= 0.3 is 0 Å². The molecule has 2 heteroatoms.